The summed E-state index contributed by atoms with van der Waals surface area (Å²) in [6, 6.07) is 0.274. The molecule has 5 nitrogen and oxygen atoms in total. The summed E-state index contributed by atoms with van der Waals surface area (Å²) in [5.41, 5.74) is 3.60. The van der Waals surface area contributed by atoms with E-state index in [1.807, 2.05) is 11.7 Å². The molecule has 0 bridgehead atoms. The van der Waals surface area contributed by atoms with E-state index in [1.54, 1.807) is 0 Å². The summed E-state index contributed by atoms with van der Waals surface area (Å²) < 4.78 is 7.06. The zero-order chi connectivity index (χ0) is 13.6. The molecule has 0 aliphatic carbocycles. The molecule has 0 radical (unpaired) electrons. The zero-order valence-corrected chi connectivity index (χ0v) is 11.8. The molecule has 1 aromatic heterocycles. The number of cyclic esters (lactones) is 1. The van der Waals surface area contributed by atoms with Gasteiger partial charge in [-0.25, -0.2) is 0 Å². The normalized spacial score (nSPS) is 28.1. The molecule has 5 heteroatoms. The standard InChI is InChI=1S/C14H21N3O2/c1-9-13(10(2)16(3)15-9)11-5-4-7-17(11)12-6-8-19-14(12)18/h11-12H,4-8H2,1-3H3/t11-,12-/m0/s1. The van der Waals surface area contributed by atoms with E-state index in [9.17, 15) is 4.79 Å². The van der Waals surface area contributed by atoms with Gasteiger partial charge < -0.3 is 4.74 Å². The lowest BCUT2D eigenvalue weighted by molar-refractivity contribution is -0.142. The first-order valence-corrected chi connectivity index (χ1v) is 7.02. The number of likely N-dealkylation sites (tertiary alicyclic amines) is 1. The van der Waals surface area contributed by atoms with E-state index >= 15 is 0 Å². The van der Waals surface area contributed by atoms with Crippen molar-refractivity contribution in [2.75, 3.05) is 13.2 Å². The Balaban J connectivity index is 1.93. The largest absolute Gasteiger partial charge is 0.464 e. The molecule has 2 atom stereocenters. The van der Waals surface area contributed by atoms with Crippen LogP contribution in [0.3, 0.4) is 0 Å². The fraction of sp³-hybridized carbons (Fsp3) is 0.714. The molecular formula is C14H21N3O2. The lowest BCUT2D eigenvalue weighted by Crippen LogP contribution is -2.38. The van der Waals surface area contributed by atoms with Crippen LogP contribution < -0.4 is 0 Å². The minimum Gasteiger partial charge on any atom is -0.464 e. The topological polar surface area (TPSA) is 47.4 Å². The van der Waals surface area contributed by atoms with E-state index in [2.05, 4.69) is 23.8 Å². The van der Waals surface area contributed by atoms with Crippen LogP contribution in [0.5, 0.6) is 0 Å². The van der Waals surface area contributed by atoms with Gasteiger partial charge in [0.2, 0.25) is 0 Å². The predicted octanol–water partition coefficient (Wildman–Crippen LogP) is 1.49. The third-order valence-electron chi connectivity index (χ3n) is 4.50. The highest BCUT2D eigenvalue weighted by molar-refractivity contribution is 5.77. The zero-order valence-electron chi connectivity index (χ0n) is 11.8. The maximum atomic E-state index is 11.8. The minimum absolute atomic E-state index is 0.0495. The molecule has 0 amide bonds. The SMILES string of the molecule is Cc1nn(C)c(C)c1[C@@H]1CCCN1[C@H]1CCOC1=O. The van der Waals surface area contributed by atoms with Gasteiger partial charge in [0.1, 0.15) is 6.04 Å². The van der Waals surface area contributed by atoms with Crippen molar-refractivity contribution in [1.29, 1.82) is 0 Å². The summed E-state index contributed by atoms with van der Waals surface area (Å²) in [6.45, 7) is 5.72. The third-order valence-corrected chi connectivity index (χ3v) is 4.50. The number of aryl methyl sites for hydroxylation is 2. The van der Waals surface area contributed by atoms with Gasteiger partial charge in [-0.1, -0.05) is 0 Å². The Bertz CT molecular complexity index is 509. The van der Waals surface area contributed by atoms with Crippen molar-refractivity contribution < 1.29 is 9.53 Å². The fourth-order valence-corrected chi connectivity index (χ4v) is 3.53. The average Bonchev–Trinajstić information content (AvgIpc) is 3.02. The van der Waals surface area contributed by atoms with Gasteiger partial charge in [-0.3, -0.25) is 14.4 Å². The number of rotatable bonds is 2. The van der Waals surface area contributed by atoms with Crippen LogP contribution in [0.25, 0.3) is 0 Å². The van der Waals surface area contributed by atoms with E-state index in [1.165, 1.54) is 11.3 Å². The van der Waals surface area contributed by atoms with E-state index in [0.717, 1.165) is 31.5 Å². The Morgan fingerprint density at radius 3 is 2.63 bits per heavy atom. The molecule has 0 aromatic carbocycles. The molecule has 1 aromatic rings. The predicted molar refractivity (Wildman–Crippen MR) is 70.7 cm³/mol. The van der Waals surface area contributed by atoms with Gasteiger partial charge in [-0.05, 0) is 33.2 Å². The smallest absolute Gasteiger partial charge is 0.323 e. The molecule has 2 fully saturated rings. The Labute approximate surface area is 113 Å². The number of hydrogen-bond acceptors (Lipinski definition) is 4. The maximum Gasteiger partial charge on any atom is 0.323 e. The van der Waals surface area contributed by atoms with E-state index < -0.39 is 0 Å². The number of carbonyl (C=O) groups excluding carboxylic acids is 1. The number of esters is 1. The Morgan fingerprint density at radius 1 is 1.26 bits per heavy atom. The van der Waals surface area contributed by atoms with Crippen molar-refractivity contribution >= 4 is 5.97 Å². The van der Waals surface area contributed by atoms with Crippen LogP contribution in [-0.2, 0) is 16.6 Å². The fourth-order valence-electron chi connectivity index (χ4n) is 3.53. The van der Waals surface area contributed by atoms with Crippen LogP contribution in [-0.4, -0.2) is 39.8 Å². The van der Waals surface area contributed by atoms with Crippen molar-refractivity contribution in [2.24, 2.45) is 7.05 Å². The van der Waals surface area contributed by atoms with Gasteiger partial charge in [0.15, 0.2) is 0 Å². The second-order valence-corrected chi connectivity index (χ2v) is 5.58. The minimum atomic E-state index is -0.0499. The lowest BCUT2D eigenvalue weighted by atomic mass is 10.0. The first kappa shape index (κ1) is 12.7. The van der Waals surface area contributed by atoms with Crippen LogP contribution in [0.2, 0.25) is 0 Å². The van der Waals surface area contributed by atoms with E-state index in [0.29, 0.717) is 12.6 Å². The van der Waals surface area contributed by atoms with Gasteiger partial charge in [0, 0.05) is 30.8 Å². The van der Waals surface area contributed by atoms with Crippen molar-refractivity contribution in [3.63, 3.8) is 0 Å². The van der Waals surface area contributed by atoms with E-state index in [4.69, 9.17) is 4.74 Å². The van der Waals surface area contributed by atoms with Gasteiger partial charge in [0.05, 0.1) is 12.3 Å². The Morgan fingerprint density at radius 2 is 2.05 bits per heavy atom. The molecular weight excluding hydrogens is 242 g/mol. The molecule has 3 heterocycles. The maximum absolute atomic E-state index is 11.8. The summed E-state index contributed by atoms with van der Waals surface area (Å²) in [7, 11) is 1.98. The lowest BCUT2D eigenvalue weighted by Gasteiger charge is -2.28. The molecule has 0 spiro atoms. The van der Waals surface area contributed by atoms with Crippen LogP contribution >= 0.6 is 0 Å². The van der Waals surface area contributed by atoms with Gasteiger partial charge >= 0.3 is 5.97 Å². The molecule has 0 N–H and O–H groups in total. The van der Waals surface area contributed by atoms with Crippen LogP contribution in [0.15, 0.2) is 0 Å². The van der Waals surface area contributed by atoms with Crippen molar-refractivity contribution in [1.82, 2.24) is 14.7 Å². The van der Waals surface area contributed by atoms with E-state index in [-0.39, 0.29) is 12.0 Å². The summed E-state index contributed by atoms with van der Waals surface area (Å²) in [6.07, 6.45) is 3.08. The van der Waals surface area contributed by atoms with Gasteiger partial charge in [-0.2, -0.15) is 5.10 Å². The second kappa shape index (κ2) is 4.63. The molecule has 19 heavy (non-hydrogen) atoms. The van der Waals surface area contributed by atoms with Crippen LogP contribution in [0, 0.1) is 13.8 Å². The Kier molecular flexibility index (Phi) is 3.09. The highest BCUT2D eigenvalue weighted by Gasteiger charge is 2.40. The molecule has 104 valence electrons. The monoisotopic (exact) mass is 263 g/mol. The van der Waals surface area contributed by atoms with Crippen LogP contribution in [0.1, 0.15) is 42.3 Å². The third kappa shape index (κ3) is 1.96. The van der Waals surface area contributed by atoms with Crippen molar-refractivity contribution in [2.45, 2.75) is 45.2 Å². The van der Waals surface area contributed by atoms with Crippen molar-refractivity contribution in [3.05, 3.63) is 17.0 Å². The Hall–Kier alpha value is -1.36. The second-order valence-electron chi connectivity index (χ2n) is 5.58. The van der Waals surface area contributed by atoms with Gasteiger partial charge in [0.25, 0.3) is 0 Å². The molecule has 2 saturated heterocycles. The summed E-state index contributed by atoms with van der Waals surface area (Å²) in [5.74, 6) is -0.0499. The quantitative estimate of drug-likeness (QED) is 0.758. The number of ether oxygens (including phenoxy) is 1. The molecule has 0 unspecified atom stereocenters. The van der Waals surface area contributed by atoms with Gasteiger partial charge in [-0.15, -0.1) is 0 Å². The average molecular weight is 263 g/mol. The number of aromatic nitrogens is 2. The highest BCUT2D eigenvalue weighted by Crippen LogP contribution is 2.38. The van der Waals surface area contributed by atoms with Crippen molar-refractivity contribution in [3.8, 4) is 0 Å². The molecule has 2 aliphatic heterocycles. The first-order valence-electron chi connectivity index (χ1n) is 7.02. The highest BCUT2D eigenvalue weighted by atomic mass is 16.5. The summed E-state index contributed by atoms with van der Waals surface area (Å²) >= 11 is 0. The number of carbonyl (C=O) groups is 1. The summed E-state index contributed by atoms with van der Waals surface area (Å²) in [5, 5.41) is 4.51. The first-order chi connectivity index (χ1) is 9.09. The molecule has 0 saturated carbocycles. The molecule has 2 aliphatic rings. The number of nitrogens with zero attached hydrogens (tertiary/aromatic N) is 3. The van der Waals surface area contributed by atoms with Crippen LogP contribution in [0.4, 0.5) is 0 Å². The molecule has 3 rings (SSSR count). The number of hydrogen-bond donors (Lipinski definition) is 0. The summed E-state index contributed by atoms with van der Waals surface area (Å²) in [4.78, 5) is 14.2.